The Bertz CT molecular complexity index is 1070. The number of rotatable bonds is 7. The summed E-state index contributed by atoms with van der Waals surface area (Å²) in [6.45, 7) is 7.93. The third kappa shape index (κ3) is 5.03. The fourth-order valence-corrected chi connectivity index (χ4v) is 5.17. The molecule has 4 heterocycles. The molecule has 1 amide bonds. The average molecular weight is 447 g/mol. The molecule has 2 aromatic heterocycles. The second-order valence-corrected chi connectivity index (χ2v) is 9.45. The molecule has 1 aromatic carbocycles. The van der Waals surface area contributed by atoms with Gasteiger partial charge in [0.2, 0.25) is 5.91 Å². The lowest BCUT2D eigenvalue weighted by Crippen LogP contribution is -2.36. The van der Waals surface area contributed by atoms with Crippen molar-refractivity contribution in [3.05, 3.63) is 53.7 Å². The minimum atomic E-state index is 0.296. The second kappa shape index (κ2) is 9.91. The minimum absolute atomic E-state index is 0.296. The second-order valence-electron chi connectivity index (χ2n) is 9.45. The van der Waals surface area contributed by atoms with Gasteiger partial charge in [-0.1, -0.05) is 37.3 Å². The molecule has 0 spiro atoms. The summed E-state index contributed by atoms with van der Waals surface area (Å²) in [4.78, 5) is 22.3. The topological polar surface area (TPSA) is 77.2 Å². The number of H-pyrrole nitrogens is 1. The van der Waals surface area contributed by atoms with E-state index in [9.17, 15) is 4.79 Å². The van der Waals surface area contributed by atoms with Crippen molar-refractivity contribution in [2.45, 2.75) is 45.1 Å². The molecule has 2 aliphatic rings. The van der Waals surface area contributed by atoms with Crippen LogP contribution in [0.2, 0.25) is 0 Å². The van der Waals surface area contributed by atoms with Crippen LogP contribution in [0.3, 0.4) is 0 Å². The van der Waals surface area contributed by atoms with Gasteiger partial charge in [-0.3, -0.25) is 9.89 Å². The molecule has 0 bridgehead atoms. The maximum Gasteiger partial charge on any atom is 0.222 e. The summed E-state index contributed by atoms with van der Waals surface area (Å²) in [6, 6.07) is 14.5. The Hall–Kier alpha value is -2.93. The van der Waals surface area contributed by atoms with Gasteiger partial charge in [-0.25, -0.2) is 4.98 Å². The maximum atomic E-state index is 12.9. The highest BCUT2D eigenvalue weighted by atomic mass is 16.2. The number of aromatic nitrogens is 3. The van der Waals surface area contributed by atoms with Crippen LogP contribution < -0.4 is 5.32 Å². The van der Waals surface area contributed by atoms with Crippen molar-refractivity contribution in [3.8, 4) is 0 Å². The van der Waals surface area contributed by atoms with Crippen molar-refractivity contribution in [2.24, 2.45) is 5.92 Å². The number of piperidine rings is 1. The first-order chi connectivity index (χ1) is 16.2. The number of fused-ring (bicyclic) bond motifs is 1. The smallest absolute Gasteiger partial charge is 0.222 e. The summed E-state index contributed by atoms with van der Waals surface area (Å²) in [7, 11) is 0. The highest BCUT2D eigenvalue weighted by Crippen LogP contribution is 2.30. The summed E-state index contributed by atoms with van der Waals surface area (Å²) in [5.41, 5.74) is 3.06. The first-order valence-corrected chi connectivity index (χ1v) is 12.3. The fourth-order valence-electron chi connectivity index (χ4n) is 5.17. The van der Waals surface area contributed by atoms with Crippen LogP contribution in [0.1, 0.15) is 49.8 Å². The Labute approximate surface area is 195 Å². The molecule has 7 nitrogen and oxygen atoms in total. The molecule has 3 aromatic rings. The first kappa shape index (κ1) is 21.9. The van der Waals surface area contributed by atoms with Gasteiger partial charge in [0.15, 0.2) is 11.5 Å². The standard InChI is InChI=1S/C26H34N6O/c1-2-31-13-10-19(11-14-31)16-24(33)32-15-12-21(18-32)23-9-8-22-25(29-30-26(22)28-23)27-17-20-6-4-3-5-7-20/h3-9,19,21H,2,10-18H2,1H3,(H2,27,28,29,30)/t21-/m0/s1. The quantitative estimate of drug-likeness (QED) is 0.574. The summed E-state index contributed by atoms with van der Waals surface area (Å²) < 4.78 is 0. The van der Waals surface area contributed by atoms with Crippen LogP contribution in [-0.4, -0.2) is 63.6 Å². The Morgan fingerprint density at radius 3 is 2.70 bits per heavy atom. The van der Waals surface area contributed by atoms with E-state index in [-0.39, 0.29) is 0 Å². The lowest BCUT2D eigenvalue weighted by molar-refractivity contribution is -0.131. The molecule has 33 heavy (non-hydrogen) atoms. The van der Waals surface area contributed by atoms with E-state index in [0.717, 1.165) is 81.1 Å². The van der Waals surface area contributed by atoms with Crippen molar-refractivity contribution in [3.63, 3.8) is 0 Å². The number of pyridine rings is 1. The van der Waals surface area contributed by atoms with E-state index in [2.05, 4.69) is 56.5 Å². The van der Waals surface area contributed by atoms with E-state index in [1.807, 2.05) is 18.2 Å². The number of carbonyl (C=O) groups excluding carboxylic acids is 1. The van der Waals surface area contributed by atoms with Gasteiger partial charge in [-0.05, 0) is 62.5 Å². The molecule has 5 rings (SSSR count). The van der Waals surface area contributed by atoms with Crippen LogP contribution in [0, 0.1) is 5.92 Å². The van der Waals surface area contributed by atoms with Crippen LogP contribution in [0.5, 0.6) is 0 Å². The Morgan fingerprint density at radius 2 is 1.91 bits per heavy atom. The monoisotopic (exact) mass is 446 g/mol. The highest BCUT2D eigenvalue weighted by molar-refractivity contribution is 5.87. The maximum absolute atomic E-state index is 12.9. The molecule has 0 unspecified atom stereocenters. The summed E-state index contributed by atoms with van der Waals surface area (Å²) >= 11 is 0. The molecule has 2 aliphatic heterocycles. The number of carbonyl (C=O) groups is 1. The number of benzene rings is 1. The number of likely N-dealkylation sites (tertiary alicyclic amines) is 2. The van der Waals surface area contributed by atoms with Gasteiger partial charge in [-0.2, -0.15) is 5.10 Å². The highest BCUT2D eigenvalue weighted by Gasteiger charge is 2.30. The van der Waals surface area contributed by atoms with Gasteiger partial charge < -0.3 is 15.1 Å². The molecule has 2 fully saturated rings. The molecule has 2 saturated heterocycles. The van der Waals surface area contributed by atoms with Crippen LogP contribution in [0.15, 0.2) is 42.5 Å². The molecule has 1 atom stereocenters. The number of hydrogen-bond donors (Lipinski definition) is 2. The Morgan fingerprint density at radius 1 is 1.09 bits per heavy atom. The van der Waals surface area contributed by atoms with Crippen molar-refractivity contribution in [1.29, 1.82) is 0 Å². The lowest BCUT2D eigenvalue weighted by atomic mass is 9.93. The van der Waals surface area contributed by atoms with Crippen molar-refractivity contribution >= 4 is 22.8 Å². The van der Waals surface area contributed by atoms with E-state index in [1.54, 1.807) is 0 Å². The molecular weight excluding hydrogens is 412 g/mol. The van der Waals surface area contributed by atoms with Crippen LogP contribution in [0.4, 0.5) is 5.82 Å². The molecule has 0 aliphatic carbocycles. The van der Waals surface area contributed by atoms with E-state index in [0.29, 0.717) is 24.2 Å². The van der Waals surface area contributed by atoms with E-state index < -0.39 is 0 Å². The van der Waals surface area contributed by atoms with Gasteiger partial charge in [0, 0.05) is 37.7 Å². The predicted molar refractivity (Wildman–Crippen MR) is 131 cm³/mol. The zero-order valence-corrected chi connectivity index (χ0v) is 19.5. The summed E-state index contributed by atoms with van der Waals surface area (Å²) in [6.07, 6.45) is 3.98. The number of nitrogens with one attached hydrogen (secondary N) is 2. The average Bonchev–Trinajstić information content (AvgIpc) is 3.51. The van der Waals surface area contributed by atoms with Crippen LogP contribution in [-0.2, 0) is 11.3 Å². The molecule has 7 heteroatoms. The normalized spacial score (nSPS) is 19.9. The van der Waals surface area contributed by atoms with Crippen molar-refractivity contribution < 1.29 is 4.79 Å². The summed E-state index contributed by atoms with van der Waals surface area (Å²) in [5.74, 6) is 1.98. The van der Waals surface area contributed by atoms with Gasteiger partial charge in [0.05, 0.1) is 5.39 Å². The van der Waals surface area contributed by atoms with Gasteiger partial charge in [0.1, 0.15) is 0 Å². The SMILES string of the molecule is CCN1CCC(CC(=O)N2CC[C@H](c3ccc4c(NCc5ccccc5)n[nH]c4n3)C2)CC1. The van der Waals surface area contributed by atoms with Gasteiger partial charge in [0.25, 0.3) is 0 Å². The van der Waals surface area contributed by atoms with E-state index in [4.69, 9.17) is 4.98 Å². The molecule has 0 saturated carbocycles. The van der Waals surface area contributed by atoms with E-state index >= 15 is 0 Å². The van der Waals surface area contributed by atoms with Crippen molar-refractivity contribution in [1.82, 2.24) is 25.0 Å². The third-order valence-electron chi connectivity index (χ3n) is 7.33. The summed E-state index contributed by atoms with van der Waals surface area (Å²) in [5, 5.41) is 11.9. The van der Waals surface area contributed by atoms with Crippen molar-refractivity contribution in [2.75, 3.05) is 38.0 Å². The number of nitrogens with zero attached hydrogens (tertiary/aromatic N) is 4. The molecule has 0 radical (unpaired) electrons. The van der Waals surface area contributed by atoms with E-state index in [1.165, 1.54) is 5.56 Å². The predicted octanol–water partition coefficient (Wildman–Crippen LogP) is 4.01. The van der Waals surface area contributed by atoms with Crippen LogP contribution >= 0.6 is 0 Å². The van der Waals surface area contributed by atoms with Crippen LogP contribution in [0.25, 0.3) is 11.0 Å². The zero-order valence-electron chi connectivity index (χ0n) is 19.5. The number of anilines is 1. The Kier molecular flexibility index (Phi) is 6.58. The minimum Gasteiger partial charge on any atom is -0.364 e. The number of amides is 1. The first-order valence-electron chi connectivity index (χ1n) is 12.3. The van der Waals surface area contributed by atoms with Gasteiger partial charge in [-0.15, -0.1) is 0 Å². The molecule has 174 valence electrons. The van der Waals surface area contributed by atoms with Gasteiger partial charge >= 0.3 is 0 Å². The largest absolute Gasteiger partial charge is 0.364 e. The zero-order chi connectivity index (χ0) is 22.6. The lowest BCUT2D eigenvalue weighted by Gasteiger charge is -2.31. The number of aromatic amines is 1. The molecular formula is C26H34N6O. The fraction of sp³-hybridized carbons (Fsp3) is 0.500. The third-order valence-corrected chi connectivity index (χ3v) is 7.33. The number of hydrogen-bond acceptors (Lipinski definition) is 5. The molecule has 2 N–H and O–H groups in total. The Balaban J connectivity index is 1.17.